The van der Waals surface area contributed by atoms with Crippen molar-refractivity contribution >= 4 is 49.7 Å². The summed E-state index contributed by atoms with van der Waals surface area (Å²) in [6.07, 6.45) is 1.43. The van der Waals surface area contributed by atoms with E-state index in [0.717, 1.165) is 11.8 Å². The number of non-ortho nitro benzene ring substituents is 1. The number of esters is 1. The van der Waals surface area contributed by atoms with E-state index >= 15 is 0 Å². The average molecular weight is 450 g/mol. The van der Waals surface area contributed by atoms with Crippen molar-refractivity contribution in [2.45, 2.75) is 6.42 Å². The Morgan fingerprint density at radius 3 is 2.75 bits per heavy atom. The molecule has 0 N–H and O–H groups in total. The molecule has 162 valence electrons. The maximum absolute atomic E-state index is 11.2. The Labute approximate surface area is 187 Å². The summed E-state index contributed by atoms with van der Waals surface area (Å²) in [5.41, 5.74) is 2.06. The summed E-state index contributed by atoms with van der Waals surface area (Å²) in [4.78, 5) is 27.9. The van der Waals surface area contributed by atoms with Gasteiger partial charge in [-0.15, -0.1) is 10.2 Å². The predicted molar refractivity (Wildman–Crippen MR) is 120 cm³/mol. The highest BCUT2D eigenvalue weighted by Gasteiger charge is 2.10. The minimum atomic E-state index is -0.495. The first kappa shape index (κ1) is 22.5. The number of hydrogen-bond acceptors (Lipinski definition) is 10. The molecule has 2 aromatic carbocycles. The molecule has 0 unspecified atom stereocenters. The molecule has 0 bridgehead atoms. The number of nitriles is 1. The van der Waals surface area contributed by atoms with Gasteiger partial charge in [0.05, 0.1) is 39.9 Å². The Morgan fingerprint density at radius 2 is 2.06 bits per heavy atom. The zero-order valence-corrected chi connectivity index (χ0v) is 17.7. The largest absolute Gasteiger partial charge is 0.461 e. The van der Waals surface area contributed by atoms with E-state index < -0.39 is 10.9 Å². The Morgan fingerprint density at radius 1 is 1.28 bits per heavy atom. The maximum Gasteiger partial charge on any atom is 0.330 e. The Hall–Kier alpha value is -4.17. The first-order valence-electron chi connectivity index (χ1n) is 9.48. The van der Waals surface area contributed by atoms with Gasteiger partial charge in [-0.3, -0.25) is 10.1 Å². The number of benzene rings is 2. The van der Waals surface area contributed by atoms with Gasteiger partial charge in [0.1, 0.15) is 6.61 Å². The number of nitro groups is 1. The number of thiazole rings is 1. The molecular weight excluding hydrogens is 432 g/mol. The number of carbonyl (C=O) groups is 1. The third kappa shape index (κ3) is 5.93. The van der Waals surface area contributed by atoms with E-state index in [9.17, 15) is 14.9 Å². The van der Waals surface area contributed by atoms with Crippen LogP contribution in [0.15, 0.2) is 65.3 Å². The predicted octanol–water partition coefficient (Wildman–Crippen LogP) is 5.07. The number of carbonyl (C=O) groups excluding carboxylic acids is 1. The highest BCUT2D eigenvalue weighted by atomic mass is 32.1. The lowest BCUT2D eigenvalue weighted by Gasteiger charge is -2.23. The highest BCUT2D eigenvalue weighted by molar-refractivity contribution is 7.21. The van der Waals surface area contributed by atoms with Gasteiger partial charge in [0, 0.05) is 30.4 Å². The molecule has 32 heavy (non-hydrogen) atoms. The standard InChI is InChI=1S/C21H18N6O4S/c1-2-20(28)31-13-12-26(11-3-10-22)16-6-4-15(5-7-16)24-25-21-23-18-9-8-17(27(29)30)14-19(18)32-21/h2,4-9,14H,1,3,11-13H2. The summed E-state index contributed by atoms with van der Waals surface area (Å²) in [6.45, 7) is 4.45. The minimum absolute atomic E-state index is 0.000406. The molecule has 0 saturated carbocycles. The summed E-state index contributed by atoms with van der Waals surface area (Å²) < 4.78 is 5.68. The van der Waals surface area contributed by atoms with Crippen LogP contribution in [0.25, 0.3) is 10.2 Å². The molecule has 0 aliphatic heterocycles. The molecule has 0 fully saturated rings. The maximum atomic E-state index is 11.2. The molecular formula is C21H18N6O4S. The number of anilines is 1. The summed E-state index contributed by atoms with van der Waals surface area (Å²) >= 11 is 1.22. The molecule has 0 aliphatic rings. The van der Waals surface area contributed by atoms with Crippen LogP contribution in [0.5, 0.6) is 0 Å². The summed E-state index contributed by atoms with van der Waals surface area (Å²) in [7, 11) is 0. The van der Waals surface area contributed by atoms with E-state index in [4.69, 9.17) is 10.00 Å². The summed E-state index contributed by atoms with van der Waals surface area (Å²) in [5.74, 6) is -0.495. The van der Waals surface area contributed by atoms with E-state index in [2.05, 4.69) is 27.9 Å². The molecule has 3 rings (SSSR count). The molecule has 0 spiro atoms. The third-order valence-corrected chi connectivity index (χ3v) is 5.21. The van der Waals surface area contributed by atoms with Crippen LogP contribution in [-0.4, -0.2) is 35.6 Å². The molecule has 0 aliphatic carbocycles. The quantitative estimate of drug-likeness (QED) is 0.138. The van der Waals surface area contributed by atoms with E-state index in [1.54, 1.807) is 18.2 Å². The second-order valence-electron chi connectivity index (χ2n) is 6.39. The zero-order valence-electron chi connectivity index (χ0n) is 16.9. The van der Waals surface area contributed by atoms with Gasteiger partial charge in [0.25, 0.3) is 5.69 Å². The first-order chi connectivity index (χ1) is 15.5. The lowest BCUT2D eigenvalue weighted by Crippen LogP contribution is -2.29. The van der Waals surface area contributed by atoms with Gasteiger partial charge in [-0.25, -0.2) is 9.78 Å². The van der Waals surface area contributed by atoms with Crippen LogP contribution < -0.4 is 4.90 Å². The van der Waals surface area contributed by atoms with Gasteiger partial charge in [-0.2, -0.15) is 5.26 Å². The van der Waals surface area contributed by atoms with Gasteiger partial charge in [0.15, 0.2) is 0 Å². The molecule has 0 atom stereocenters. The van der Waals surface area contributed by atoms with Crippen LogP contribution >= 0.6 is 11.3 Å². The van der Waals surface area contributed by atoms with Crippen molar-refractivity contribution in [3.8, 4) is 6.07 Å². The molecule has 0 amide bonds. The second-order valence-corrected chi connectivity index (χ2v) is 7.40. The molecule has 1 aromatic heterocycles. The van der Waals surface area contributed by atoms with Gasteiger partial charge in [-0.05, 0) is 30.3 Å². The average Bonchev–Trinajstić information content (AvgIpc) is 3.22. The van der Waals surface area contributed by atoms with Crippen LogP contribution in [-0.2, 0) is 9.53 Å². The number of azo groups is 1. The third-order valence-electron chi connectivity index (χ3n) is 4.30. The van der Waals surface area contributed by atoms with Crippen molar-refractivity contribution in [1.82, 2.24) is 4.98 Å². The summed E-state index contributed by atoms with van der Waals surface area (Å²) in [6, 6.07) is 13.8. The number of nitrogens with zero attached hydrogens (tertiary/aromatic N) is 6. The lowest BCUT2D eigenvalue weighted by atomic mass is 10.2. The van der Waals surface area contributed by atoms with Crippen LogP contribution in [0.3, 0.4) is 0 Å². The minimum Gasteiger partial charge on any atom is -0.461 e. The lowest BCUT2D eigenvalue weighted by molar-refractivity contribution is -0.384. The molecule has 3 aromatic rings. The highest BCUT2D eigenvalue weighted by Crippen LogP contribution is 2.32. The van der Waals surface area contributed by atoms with Crippen LogP contribution in [0.2, 0.25) is 0 Å². The molecule has 1 heterocycles. The zero-order chi connectivity index (χ0) is 22.9. The van der Waals surface area contributed by atoms with Crippen LogP contribution in [0, 0.1) is 21.4 Å². The number of fused-ring (bicyclic) bond motifs is 1. The van der Waals surface area contributed by atoms with E-state index in [1.165, 1.54) is 23.5 Å². The van der Waals surface area contributed by atoms with Crippen LogP contribution in [0.1, 0.15) is 6.42 Å². The fourth-order valence-corrected chi connectivity index (χ4v) is 3.58. The molecule has 0 radical (unpaired) electrons. The smallest absolute Gasteiger partial charge is 0.330 e. The molecule has 10 nitrogen and oxygen atoms in total. The Bertz CT molecular complexity index is 1200. The Balaban J connectivity index is 1.69. The molecule has 0 saturated heterocycles. The molecule has 11 heteroatoms. The van der Waals surface area contributed by atoms with Crippen molar-refractivity contribution in [3.05, 3.63) is 65.2 Å². The number of nitro benzene ring substituents is 1. The van der Waals surface area contributed by atoms with Gasteiger partial charge in [0.2, 0.25) is 5.13 Å². The van der Waals surface area contributed by atoms with E-state index in [-0.39, 0.29) is 12.3 Å². The number of aromatic nitrogens is 1. The second kappa shape index (κ2) is 10.7. The van der Waals surface area contributed by atoms with Gasteiger partial charge in [-0.1, -0.05) is 17.9 Å². The van der Waals surface area contributed by atoms with Crippen molar-refractivity contribution in [2.75, 3.05) is 24.6 Å². The number of ether oxygens (including phenoxy) is 1. The van der Waals surface area contributed by atoms with Gasteiger partial charge < -0.3 is 9.64 Å². The normalized spacial score (nSPS) is 10.7. The van der Waals surface area contributed by atoms with Crippen molar-refractivity contribution < 1.29 is 14.5 Å². The first-order valence-corrected chi connectivity index (χ1v) is 10.3. The monoisotopic (exact) mass is 450 g/mol. The fraction of sp³-hybridized carbons (Fsp3) is 0.190. The van der Waals surface area contributed by atoms with Gasteiger partial charge >= 0.3 is 5.97 Å². The summed E-state index contributed by atoms with van der Waals surface area (Å²) in [5, 5.41) is 28.5. The van der Waals surface area contributed by atoms with Crippen LogP contribution in [0.4, 0.5) is 22.2 Å². The van der Waals surface area contributed by atoms with Crippen molar-refractivity contribution in [1.29, 1.82) is 5.26 Å². The van der Waals surface area contributed by atoms with E-state index in [0.29, 0.717) is 40.5 Å². The fourth-order valence-electron chi connectivity index (χ4n) is 2.76. The topological polar surface area (TPSA) is 134 Å². The number of rotatable bonds is 10. The van der Waals surface area contributed by atoms with E-state index in [1.807, 2.05) is 17.0 Å². The number of hydrogen-bond donors (Lipinski definition) is 0. The van der Waals surface area contributed by atoms with Crippen molar-refractivity contribution in [2.24, 2.45) is 10.2 Å². The van der Waals surface area contributed by atoms with Crippen molar-refractivity contribution in [3.63, 3.8) is 0 Å². The SMILES string of the molecule is C=CC(=O)OCCN(CCC#N)c1ccc(N=Nc2nc3ccc([N+](=O)[O-])cc3s2)cc1. The Kier molecular flexibility index (Phi) is 7.55.